The van der Waals surface area contributed by atoms with Gasteiger partial charge in [0.1, 0.15) is 24.2 Å². The van der Waals surface area contributed by atoms with E-state index in [1.54, 1.807) is 48.7 Å². The van der Waals surface area contributed by atoms with E-state index in [1.807, 2.05) is 0 Å². The maximum Gasteiger partial charge on any atom is 0.270 e. The van der Waals surface area contributed by atoms with Gasteiger partial charge < -0.3 is 15.2 Å². The number of ether oxygens (including phenoxy) is 1. The topological polar surface area (TPSA) is 123 Å². The van der Waals surface area contributed by atoms with E-state index in [1.165, 1.54) is 10.5 Å². The summed E-state index contributed by atoms with van der Waals surface area (Å²) in [7, 11) is 0. The smallest absolute Gasteiger partial charge is 0.270 e. The fraction of sp³-hybridized carbons (Fsp3) is 0.136. The zero-order valence-corrected chi connectivity index (χ0v) is 16.3. The van der Waals surface area contributed by atoms with Gasteiger partial charge in [0.15, 0.2) is 0 Å². The summed E-state index contributed by atoms with van der Waals surface area (Å²) in [5, 5.41) is 13.1. The van der Waals surface area contributed by atoms with E-state index in [0.717, 1.165) is 6.29 Å². The molecule has 3 heterocycles. The number of rotatable bonds is 7. The molecule has 1 aromatic carbocycles. The molecule has 0 bridgehead atoms. The van der Waals surface area contributed by atoms with Crippen LogP contribution in [0.1, 0.15) is 26.5 Å². The summed E-state index contributed by atoms with van der Waals surface area (Å²) in [6.07, 6.45) is 2.31. The van der Waals surface area contributed by atoms with Crippen LogP contribution in [0.2, 0.25) is 0 Å². The normalized spacial score (nSPS) is 10.9. The molecule has 4 aromatic rings. The van der Waals surface area contributed by atoms with Crippen molar-refractivity contribution in [1.82, 2.24) is 19.7 Å². The van der Waals surface area contributed by atoms with Gasteiger partial charge in [-0.3, -0.25) is 18.8 Å². The largest absolute Gasteiger partial charge is 0.475 e. The van der Waals surface area contributed by atoms with Gasteiger partial charge in [-0.2, -0.15) is 0 Å². The molecule has 4 rings (SSSR count). The third kappa shape index (κ3) is 4.26. The molecule has 3 aromatic heterocycles. The second kappa shape index (κ2) is 8.72. The molecule has 2 N–H and O–H groups in total. The lowest BCUT2D eigenvalue weighted by molar-refractivity contribution is 0.0945. The number of nitrogens with one attached hydrogen (secondary N) is 1. The Balaban J connectivity index is 1.61. The fourth-order valence-electron chi connectivity index (χ4n) is 3.15. The Labute approximate surface area is 176 Å². The molecule has 0 aliphatic heterocycles. The first-order valence-corrected chi connectivity index (χ1v) is 9.48. The molecule has 0 aliphatic carbocycles. The van der Waals surface area contributed by atoms with Crippen molar-refractivity contribution in [2.45, 2.75) is 6.54 Å². The number of hydrogen-bond donors (Lipinski definition) is 2. The summed E-state index contributed by atoms with van der Waals surface area (Å²) in [4.78, 5) is 44.5. The van der Waals surface area contributed by atoms with Crippen LogP contribution in [0.5, 0.6) is 5.88 Å². The number of aromatic nitrogens is 3. The molecule has 0 fully saturated rings. The highest BCUT2D eigenvalue weighted by Gasteiger charge is 2.13. The fourth-order valence-corrected chi connectivity index (χ4v) is 3.15. The zero-order valence-electron chi connectivity index (χ0n) is 16.3. The predicted octanol–water partition coefficient (Wildman–Crippen LogP) is 1.36. The van der Waals surface area contributed by atoms with Crippen LogP contribution < -0.4 is 15.6 Å². The maximum atomic E-state index is 12.6. The molecule has 156 valence electrons. The molecule has 0 spiro atoms. The second-order valence-corrected chi connectivity index (χ2v) is 6.68. The molecule has 9 heteroatoms. The van der Waals surface area contributed by atoms with Crippen molar-refractivity contribution in [1.29, 1.82) is 0 Å². The van der Waals surface area contributed by atoms with Crippen LogP contribution in [0.15, 0.2) is 59.5 Å². The predicted molar refractivity (Wildman–Crippen MR) is 112 cm³/mol. The third-order valence-electron chi connectivity index (χ3n) is 4.57. The van der Waals surface area contributed by atoms with Crippen LogP contribution in [0.4, 0.5) is 0 Å². The van der Waals surface area contributed by atoms with Crippen molar-refractivity contribution in [3.8, 4) is 5.88 Å². The number of carbonyl (C=O) groups excluding carboxylic acids is 2. The van der Waals surface area contributed by atoms with E-state index in [-0.39, 0.29) is 36.9 Å². The average molecular weight is 418 g/mol. The van der Waals surface area contributed by atoms with Gasteiger partial charge in [-0.25, -0.2) is 9.97 Å². The highest BCUT2D eigenvalue weighted by molar-refractivity contribution is 5.93. The molecule has 9 nitrogen and oxygen atoms in total. The summed E-state index contributed by atoms with van der Waals surface area (Å²) in [6, 6.07) is 13.0. The Kier molecular flexibility index (Phi) is 5.67. The van der Waals surface area contributed by atoms with Gasteiger partial charge in [0.05, 0.1) is 18.8 Å². The van der Waals surface area contributed by atoms with Crippen molar-refractivity contribution in [3.63, 3.8) is 0 Å². The highest BCUT2D eigenvalue weighted by atomic mass is 16.5. The van der Waals surface area contributed by atoms with Crippen molar-refractivity contribution in [2.75, 3.05) is 13.2 Å². The number of fused-ring (bicyclic) bond motifs is 2. The molecule has 1 amide bonds. The molecule has 0 atom stereocenters. The minimum atomic E-state index is -0.523. The van der Waals surface area contributed by atoms with Gasteiger partial charge in [0, 0.05) is 23.2 Å². The summed E-state index contributed by atoms with van der Waals surface area (Å²) < 4.78 is 6.86. The van der Waals surface area contributed by atoms with Gasteiger partial charge >= 0.3 is 0 Å². The molecule has 0 aliphatic rings. The minimum Gasteiger partial charge on any atom is -0.475 e. The van der Waals surface area contributed by atoms with Crippen molar-refractivity contribution in [3.05, 3.63) is 82.0 Å². The number of benzene rings is 1. The van der Waals surface area contributed by atoms with Gasteiger partial charge in [-0.1, -0.05) is 12.1 Å². The van der Waals surface area contributed by atoms with Crippen LogP contribution in [0.25, 0.3) is 16.4 Å². The Morgan fingerprint density at radius 2 is 2.03 bits per heavy atom. The van der Waals surface area contributed by atoms with Crippen molar-refractivity contribution in [2.24, 2.45) is 0 Å². The van der Waals surface area contributed by atoms with E-state index in [9.17, 15) is 14.4 Å². The van der Waals surface area contributed by atoms with E-state index in [0.29, 0.717) is 27.7 Å². The lowest BCUT2D eigenvalue weighted by Crippen LogP contribution is -2.27. The van der Waals surface area contributed by atoms with Crippen molar-refractivity contribution < 1.29 is 19.4 Å². The summed E-state index contributed by atoms with van der Waals surface area (Å²) in [5.74, 6) is -0.236. The molecule has 0 saturated carbocycles. The van der Waals surface area contributed by atoms with Crippen LogP contribution in [-0.2, 0) is 6.54 Å². The van der Waals surface area contributed by atoms with Crippen LogP contribution in [-0.4, -0.2) is 44.9 Å². The molecule has 0 unspecified atom stereocenters. The van der Waals surface area contributed by atoms with Gasteiger partial charge in [-0.05, 0) is 35.7 Å². The zero-order chi connectivity index (χ0) is 21.8. The van der Waals surface area contributed by atoms with Gasteiger partial charge in [-0.15, -0.1) is 0 Å². The van der Waals surface area contributed by atoms with E-state index >= 15 is 0 Å². The first-order valence-electron chi connectivity index (χ1n) is 9.48. The number of aliphatic hydroxyl groups is 1. The molecule has 0 radical (unpaired) electrons. The number of amides is 1. The van der Waals surface area contributed by atoms with Crippen LogP contribution in [0, 0.1) is 0 Å². The average Bonchev–Trinajstić information content (AvgIpc) is 2.80. The van der Waals surface area contributed by atoms with E-state index < -0.39 is 5.91 Å². The Hall–Kier alpha value is -4.11. The Morgan fingerprint density at radius 3 is 2.84 bits per heavy atom. The Bertz CT molecular complexity index is 1350. The summed E-state index contributed by atoms with van der Waals surface area (Å²) in [6.45, 7) is -0.0799. The van der Waals surface area contributed by atoms with E-state index in [4.69, 9.17) is 9.84 Å². The molecule has 0 saturated heterocycles. The molecular weight excluding hydrogens is 400 g/mol. The monoisotopic (exact) mass is 418 g/mol. The Morgan fingerprint density at radius 1 is 1.16 bits per heavy atom. The number of aliphatic hydroxyl groups excluding tert-OH is 1. The quantitative estimate of drug-likeness (QED) is 0.434. The minimum absolute atomic E-state index is 0.00279. The number of aldehydes is 1. The number of carbonyl (C=O) groups is 2. The number of hydrogen-bond acceptors (Lipinski definition) is 7. The standard InChI is InChI=1S/C22H18N4O5/c27-7-8-31-22-17-5-4-14(13-28)9-15(17)10-16(24-22)12-23-21(30)18-11-20(29)26-6-2-1-3-19(26)25-18/h1-6,9-11,13,27H,7-8,12H2,(H,23,30). The first kappa shape index (κ1) is 20.2. The SMILES string of the molecule is O=Cc1ccc2c(OCCO)nc(CNC(=O)c3cc(=O)n4ccccc4n3)cc2c1. The maximum absolute atomic E-state index is 12.6. The lowest BCUT2D eigenvalue weighted by atomic mass is 10.1. The highest BCUT2D eigenvalue weighted by Crippen LogP contribution is 2.25. The first-order chi connectivity index (χ1) is 15.1. The van der Waals surface area contributed by atoms with Crippen LogP contribution >= 0.6 is 0 Å². The molecule has 31 heavy (non-hydrogen) atoms. The number of pyridine rings is 2. The van der Waals surface area contributed by atoms with Crippen molar-refractivity contribution >= 4 is 28.6 Å². The number of nitrogens with zero attached hydrogens (tertiary/aromatic N) is 3. The van der Waals surface area contributed by atoms with Gasteiger partial charge in [0.2, 0.25) is 5.88 Å². The summed E-state index contributed by atoms with van der Waals surface area (Å²) >= 11 is 0. The van der Waals surface area contributed by atoms with Gasteiger partial charge in [0.25, 0.3) is 11.5 Å². The van der Waals surface area contributed by atoms with Crippen LogP contribution in [0.3, 0.4) is 0 Å². The second-order valence-electron chi connectivity index (χ2n) is 6.68. The molecular formula is C22H18N4O5. The summed E-state index contributed by atoms with van der Waals surface area (Å²) in [5.41, 5.74) is 0.972. The van der Waals surface area contributed by atoms with E-state index in [2.05, 4.69) is 15.3 Å². The third-order valence-corrected chi connectivity index (χ3v) is 4.57. The lowest BCUT2D eigenvalue weighted by Gasteiger charge is -2.11.